The van der Waals surface area contributed by atoms with Gasteiger partial charge in [-0.15, -0.1) is 0 Å². The van der Waals surface area contributed by atoms with E-state index < -0.39 is 0 Å². The Morgan fingerprint density at radius 3 is 3.19 bits per heavy atom. The zero-order valence-corrected chi connectivity index (χ0v) is 10.4. The average molecular weight is 239 g/mol. The molecule has 0 saturated heterocycles. The minimum atomic E-state index is -0.0362. The predicted octanol–water partition coefficient (Wildman–Crippen LogP) is 3.16. The fourth-order valence-electron chi connectivity index (χ4n) is 2.31. The number of hydrogen-bond donors (Lipinski definition) is 1. The lowest BCUT2D eigenvalue weighted by Gasteiger charge is -2.13. The van der Waals surface area contributed by atoms with Crippen molar-refractivity contribution in [2.75, 3.05) is 18.6 Å². The first-order valence-corrected chi connectivity index (χ1v) is 7.22. The highest BCUT2D eigenvalue weighted by Crippen LogP contribution is 2.32. The lowest BCUT2D eigenvalue weighted by atomic mass is 10.1. The highest BCUT2D eigenvalue weighted by atomic mass is 32.2. The van der Waals surface area contributed by atoms with Gasteiger partial charge in [-0.05, 0) is 55.0 Å². The molecular weight excluding hydrogens is 221 g/mol. The molecule has 1 unspecified atom stereocenters. The molecule has 1 aliphatic carbocycles. The van der Waals surface area contributed by atoms with Crippen molar-refractivity contribution >= 4 is 11.8 Å². The fourth-order valence-corrected chi connectivity index (χ4v) is 2.75. The van der Waals surface area contributed by atoms with E-state index in [2.05, 4.69) is 17.6 Å². The van der Waals surface area contributed by atoms with E-state index in [0.29, 0.717) is 6.04 Å². The Kier molecular flexibility index (Phi) is 4.24. The van der Waals surface area contributed by atoms with Gasteiger partial charge in [0.15, 0.2) is 0 Å². The number of halogens is 1. The van der Waals surface area contributed by atoms with Crippen LogP contribution in [0.1, 0.15) is 30.0 Å². The topological polar surface area (TPSA) is 12.0 Å². The highest BCUT2D eigenvalue weighted by Gasteiger charge is 2.23. The summed E-state index contributed by atoms with van der Waals surface area (Å²) in [7, 11) is 0. The largest absolute Gasteiger partial charge is 0.310 e. The van der Waals surface area contributed by atoms with Crippen molar-refractivity contribution in [2.45, 2.75) is 25.3 Å². The van der Waals surface area contributed by atoms with Crippen LogP contribution in [0.2, 0.25) is 0 Å². The third-order valence-electron chi connectivity index (χ3n) is 3.13. The van der Waals surface area contributed by atoms with Crippen molar-refractivity contribution in [1.29, 1.82) is 0 Å². The van der Waals surface area contributed by atoms with Crippen LogP contribution in [0, 0.1) is 5.82 Å². The average Bonchev–Trinajstić information content (AvgIpc) is 2.70. The third kappa shape index (κ3) is 2.58. The van der Waals surface area contributed by atoms with E-state index in [0.717, 1.165) is 24.9 Å². The van der Waals surface area contributed by atoms with Gasteiger partial charge in [-0.2, -0.15) is 11.8 Å². The number of hydrogen-bond acceptors (Lipinski definition) is 2. The molecule has 0 bridgehead atoms. The summed E-state index contributed by atoms with van der Waals surface area (Å²) in [6, 6.07) is 5.80. The van der Waals surface area contributed by atoms with Crippen LogP contribution in [0.15, 0.2) is 18.2 Å². The molecule has 1 aliphatic rings. The van der Waals surface area contributed by atoms with Gasteiger partial charge in [0.25, 0.3) is 0 Å². The Bertz CT molecular complexity index is 354. The van der Waals surface area contributed by atoms with E-state index in [9.17, 15) is 4.39 Å². The van der Waals surface area contributed by atoms with E-state index >= 15 is 0 Å². The normalized spacial score (nSPS) is 18.8. The first kappa shape index (κ1) is 11.9. The lowest BCUT2D eigenvalue weighted by molar-refractivity contribution is 0.530. The van der Waals surface area contributed by atoms with Crippen LogP contribution in [0.5, 0.6) is 0 Å². The summed E-state index contributed by atoms with van der Waals surface area (Å²) >= 11 is 1.87. The number of rotatable bonds is 5. The summed E-state index contributed by atoms with van der Waals surface area (Å²) in [6.45, 7) is 1.03. The van der Waals surface area contributed by atoms with E-state index in [-0.39, 0.29) is 5.82 Å². The van der Waals surface area contributed by atoms with Crippen LogP contribution < -0.4 is 5.32 Å². The van der Waals surface area contributed by atoms with Crippen molar-refractivity contribution < 1.29 is 4.39 Å². The number of fused-ring (bicyclic) bond motifs is 1. The molecule has 1 atom stereocenters. The molecule has 0 saturated carbocycles. The monoisotopic (exact) mass is 239 g/mol. The zero-order chi connectivity index (χ0) is 11.4. The van der Waals surface area contributed by atoms with Crippen LogP contribution in [0.4, 0.5) is 4.39 Å². The van der Waals surface area contributed by atoms with E-state index in [1.807, 2.05) is 17.8 Å². The van der Waals surface area contributed by atoms with Gasteiger partial charge in [0.05, 0.1) is 0 Å². The summed E-state index contributed by atoms with van der Waals surface area (Å²) in [5, 5.41) is 3.52. The van der Waals surface area contributed by atoms with Gasteiger partial charge in [0.1, 0.15) is 5.82 Å². The summed E-state index contributed by atoms with van der Waals surface area (Å²) in [5.41, 5.74) is 2.09. The second-order valence-electron chi connectivity index (χ2n) is 4.20. The molecule has 2 rings (SSSR count). The van der Waals surface area contributed by atoms with Gasteiger partial charge in [-0.1, -0.05) is 12.1 Å². The molecule has 3 heteroatoms. The molecule has 0 aliphatic heterocycles. The molecule has 1 aromatic carbocycles. The quantitative estimate of drug-likeness (QED) is 0.792. The minimum Gasteiger partial charge on any atom is -0.310 e. The van der Waals surface area contributed by atoms with Crippen molar-refractivity contribution in [3.05, 3.63) is 35.1 Å². The van der Waals surface area contributed by atoms with Crippen LogP contribution >= 0.6 is 11.8 Å². The first-order valence-electron chi connectivity index (χ1n) is 5.82. The molecule has 1 aromatic rings. The summed E-state index contributed by atoms with van der Waals surface area (Å²) < 4.78 is 13.5. The number of thioether (sulfide) groups is 1. The van der Waals surface area contributed by atoms with Crippen molar-refractivity contribution in [2.24, 2.45) is 0 Å². The van der Waals surface area contributed by atoms with Crippen LogP contribution in [0.25, 0.3) is 0 Å². The lowest BCUT2D eigenvalue weighted by Crippen LogP contribution is -2.20. The maximum Gasteiger partial charge on any atom is 0.126 e. The maximum atomic E-state index is 13.5. The molecule has 0 heterocycles. The van der Waals surface area contributed by atoms with Gasteiger partial charge >= 0.3 is 0 Å². The molecule has 0 radical (unpaired) electrons. The van der Waals surface area contributed by atoms with Gasteiger partial charge in [-0.25, -0.2) is 4.39 Å². The Labute approximate surface area is 101 Å². The standard InChI is InChI=1S/C13H18FNS/c1-16-9-3-8-15-13-7-6-10-11(13)4-2-5-12(10)14/h2,4-5,13,15H,3,6-9H2,1H3. The molecule has 0 aromatic heterocycles. The molecule has 0 amide bonds. The predicted molar refractivity (Wildman–Crippen MR) is 68.5 cm³/mol. The SMILES string of the molecule is CSCCCNC1CCc2c(F)cccc21. The number of nitrogens with one attached hydrogen (secondary N) is 1. The summed E-state index contributed by atoms with van der Waals surface area (Å²) in [6.07, 6.45) is 5.22. The highest BCUT2D eigenvalue weighted by molar-refractivity contribution is 7.98. The molecule has 16 heavy (non-hydrogen) atoms. The van der Waals surface area contributed by atoms with E-state index in [1.54, 1.807) is 6.07 Å². The minimum absolute atomic E-state index is 0.0362. The number of benzene rings is 1. The second-order valence-corrected chi connectivity index (χ2v) is 5.18. The summed E-state index contributed by atoms with van der Waals surface area (Å²) in [5.74, 6) is 1.15. The zero-order valence-electron chi connectivity index (χ0n) is 9.63. The van der Waals surface area contributed by atoms with Crippen molar-refractivity contribution in [1.82, 2.24) is 5.32 Å². The summed E-state index contributed by atoms with van der Waals surface area (Å²) in [4.78, 5) is 0. The smallest absolute Gasteiger partial charge is 0.126 e. The van der Waals surface area contributed by atoms with Crippen LogP contribution in [-0.2, 0) is 6.42 Å². The Morgan fingerprint density at radius 2 is 2.38 bits per heavy atom. The Balaban J connectivity index is 1.93. The Morgan fingerprint density at radius 1 is 1.50 bits per heavy atom. The van der Waals surface area contributed by atoms with Crippen LogP contribution in [0.3, 0.4) is 0 Å². The van der Waals surface area contributed by atoms with Gasteiger partial charge in [0, 0.05) is 6.04 Å². The molecular formula is C13H18FNS. The maximum absolute atomic E-state index is 13.5. The van der Waals surface area contributed by atoms with E-state index in [4.69, 9.17) is 0 Å². The third-order valence-corrected chi connectivity index (χ3v) is 3.83. The molecule has 1 nitrogen and oxygen atoms in total. The van der Waals surface area contributed by atoms with Gasteiger partial charge in [0.2, 0.25) is 0 Å². The first-order chi connectivity index (χ1) is 7.83. The van der Waals surface area contributed by atoms with E-state index in [1.165, 1.54) is 17.7 Å². The van der Waals surface area contributed by atoms with Crippen molar-refractivity contribution in [3.63, 3.8) is 0 Å². The fraction of sp³-hybridized carbons (Fsp3) is 0.538. The molecule has 1 N–H and O–H groups in total. The van der Waals surface area contributed by atoms with Crippen LogP contribution in [-0.4, -0.2) is 18.6 Å². The molecule has 0 spiro atoms. The van der Waals surface area contributed by atoms with Crippen molar-refractivity contribution in [3.8, 4) is 0 Å². The Hall–Kier alpha value is -0.540. The van der Waals surface area contributed by atoms with Gasteiger partial charge < -0.3 is 5.32 Å². The second kappa shape index (κ2) is 5.69. The van der Waals surface area contributed by atoms with Gasteiger partial charge in [-0.3, -0.25) is 0 Å². The molecule has 0 fully saturated rings. The molecule has 88 valence electrons.